The minimum atomic E-state index is -3.25. The maximum Gasteiger partial charge on any atom is 0.215 e. The Morgan fingerprint density at radius 3 is 2.71 bits per heavy atom. The Morgan fingerprint density at radius 2 is 2.14 bits per heavy atom. The minimum Gasteiger partial charge on any atom is -0.395 e. The number of aliphatic hydroxyl groups excluding tert-OH is 1. The molecule has 0 saturated carbocycles. The molecular formula is C8H18N2O3S. The van der Waals surface area contributed by atoms with Crippen LogP contribution < -0.4 is 5.73 Å². The zero-order valence-electron chi connectivity index (χ0n) is 8.22. The Balaban J connectivity index is 2.72. The zero-order chi connectivity index (χ0) is 10.6. The van der Waals surface area contributed by atoms with Crippen molar-refractivity contribution in [1.29, 1.82) is 0 Å². The van der Waals surface area contributed by atoms with E-state index >= 15 is 0 Å². The van der Waals surface area contributed by atoms with Crippen LogP contribution in [-0.4, -0.2) is 49.3 Å². The zero-order valence-corrected chi connectivity index (χ0v) is 9.04. The molecular weight excluding hydrogens is 204 g/mol. The summed E-state index contributed by atoms with van der Waals surface area (Å²) in [5, 5.41) is 9.06. The molecule has 14 heavy (non-hydrogen) atoms. The molecule has 1 aliphatic heterocycles. The Labute approximate surface area is 84.9 Å². The molecule has 5 nitrogen and oxygen atoms in total. The maximum atomic E-state index is 11.7. The van der Waals surface area contributed by atoms with Crippen LogP contribution in [0, 0.1) is 0 Å². The fourth-order valence-corrected chi connectivity index (χ4v) is 3.35. The van der Waals surface area contributed by atoms with Crippen molar-refractivity contribution >= 4 is 10.0 Å². The van der Waals surface area contributed by atoms with Gasteiger partial charge in [0, 0.05) is 19.1 Å². The average Bonchev–Trinajstić information content (AvgIpc) is 2.18. The predicted octanol–water partition coefficient (Wildman–Crippen LogP) is -0.878. The summed E-state index contributed by atoms with van der Waals surface area (Å²) in [6.07, 6.45) is 2.61. The highest BCUT2D eigenvalue weighted by Gasteiger charge is 2.30. The van der Waals surface area contributed by atoms with Gasteiger partial charge in [-0.05, 0) is 12.8 Å². The van der Waals surface area contributed by atoms with Crippen LogP contribution in [0.25, 0.3) is 0 Å². The summed E-state index contributed by atoms with van der Waals surface area (Å²) in [7, 11) is -3.25. The van der Waals surface area contributed by atoms with E-state index in [2.05, 4.69) is 0 Å². The van der Waals surface area contributed by atoms with E-state index in [0.717, 1.165) is 19.3 Å². The van der Waals surface area contributed by atoms with Crippen molar-refractivity contribution in [3.8, 4) is 0 Å². The Hall–Kier alpha value is -0.170. The molecule has 0 bridgehead atoms. The number of aliphatic hydroxyl groups is 1. The van der Waals surface area contributed by atoms with Crippen molar-refractivity contribution in [3.05, 3.63) is 0 Å². The molecule has 3 N–H and O–H groups in total. The van der Waals surface area contributed by atoms with Crippen LogP contribution in [0.1, 0.15) is 19.3 Å². The van der Waals surface area contributed by atoms with Gasteiger partial charge < -0.3 is 10.8 Å². The number of rotatable bonds is 4. The Kier molecular flexibility index (Phi) is 4.31. The molecule has 6 heteroatoms. The van der Waals surface area contributed by atoms with Crippen LogP contribution in [0.4, 0.5) is 0 Å². The second-order valence-corrected chi connectivity index (χ2v) is 5.59. The molecule has 1 heterocycles. The van der Waals surface area contributed by atoms with E-state index in [1.165, 1.54) is 4.31 Å². The summed E-state index contributed by atoms with van der Waals surface area (Å²) < 4.78 is 24.8. The molecule has 0 aliphatic carbocycles. The first-order valence-electron chi connectivity index (χ1n) is 4.92. The van der Waals surface area contributed by atoms with Gasteiger partial charge in [-0.15, -0.1) is 0 Å². The number of hydrogen-bond donors (Lipinski definition) is 2. The normalized spacial score (nSPS) is 25.1. The highest BCUT2D eigenvalue weighted by atomic mass is 32.2. The predicted molar refractivity (Wildman–Crippen MR) is 54.3 cm³/mol. The van der Waals surface area contributed by atoms with Crippen molar-refractivity contribution in [2.24, 2.45) is 5.73 Å². The second-order valence-electron chi connectivity index (χ2n) is 3.55. The van der Waals surface area contributed by atoms with E-state index in [4.69, 9.17) is 10.8 Å². The van der Waals surface area contributed by atoms with Gasteiger partial charge in [-0.25, -0.2) is 8.42 Å². The highest BCUT2D eigenvalue weighted by Crippen LogP contribution is 2.19. The average molecular weight is 222 g/mol. The van der Waals surface area contributed by atoms with Crippen LogP contribution in [0.2, 0.25) is 0 Å². The topological polar surface area (TPSA) is 83.6 Å². The van der Waals surface area contributed by atoms with Crippen LogP contribution in [0.3, 0.4) is 0 Å². The fourth-order valence-electron chi connectivity index (χ4n) is 1.79. The SMILES string of the molecule is NCCS(=O)(=O)N1CCCCC1CO. The van der Waals surface area contributed by atoms with Gasteiger partial charge in [0.25, 0.3) is 0 Å². The van der Waals surface area contributed by atoms with Crippen molar-refractivity contribution in [3.63, 3.8) is 0 Å². The second kappa shape index (κ2) is 5.06. The summed E-state index contributed by atoms with van der Waals surface area (Å²) in [4.78, 5) is 0. The number of piperidine rings is 1. The molecule has 1 saturated heterocycles. The summed E-state index contributed by atoms with van der Waals surface area (Å²) in [6.45, 7) is 0.564. The highest BCUT2D eigenvalue weighted by molar-refractivity contribution is 7.89. The molecule has 1 fully saturated rings. The molecule has 0 spiro atoms. The largest absolute Gasteiger partial charge is 0.395 e. The first-order chi connectivity index (χ1) is 6.61. The van der Waals surface area contributed by atoms with Gasteiger partial charge >= 0.3 is 0 Å². The van der Waals surface area contributed by atoms with E-state index in [9.17, 15) is 8.42 Å². The first-order valence-corrected chi connectivity index (χ1v) is 6.53. The van der Waals surface area contributed by atoms with E-state index in [-0.39, 0.29) is 24.9 Å². The van der Waals surface area contributed by atoms with Crippen molar-refractivity contribution < 1.29 is 13.5 Å². The lowest BCUT2D eigenvalue weighted by molar-refractivity contribution is 0.155. The van der Waals surface area contributed by atoms with Crippen LogP contribution in [0.5, 0.6) is 0 Å². The summed E-state index contributed by atoms with van der Waals surface area (Å²) in [5.74, 6) is -0.0243. The van der Waals surface area contributed by atoms with Crippen LogP contribution in [-0.2, 0) is 10.0 Å². The molecule has 0 aromatic heterocycles. The molecule has 0 aromatic carbocycles. The third-order valence-corrected chi connectivity index (χ3v) is 4.46. The fraction of sp³-hybridized carbons (Fsp3) is 1.00. The summed E-state index contributed by atoms with van der Waals surface area (Å²) >= 11 is 0. The molecule has 1 unspecified atom stereocenters. The molecule has 1 aliphatic rings. The summed E-state index contributed by atoms with van der Waals surface area (Å²) in [5.41, 5.74) is 5.24. The molecule has 0 radical (unpaired) electrons. The summed E-state index contributed by atoms with van der Waals surface area (Å²) in [6, 6.07) is -0.236. The molecule has 0 aromatic rings. The van der Waals surface area contributed by atoms with E-state index in [0.29, 0.717) is 6.54 Å². The standard InChI is InChI=1S/C8H18N2O3S/c9-4-6-14(12,13)10-5-2-1-3-8(10)7-11/h8,11H,1-7,9H2. The molecule has 0 amide bonds. The third kappa shape index (κ3) is 2.66. The van der Waals surface area contributed by atoms with Gasteiger partial charge in [0.15, 0.2) is 0 Å². The van der Waals surface area contributed by atoms with E-state index < -0.39 is 10.0 Å². The van der Waals surface area contributed by atoms with Gasteiger partial charge in [0.2, 0.25) is 10.0 Å². The van der Waals surface area contributed by atoms with E-state index in [1.807, 2.05) is 0 Å². The number of hydrogen-bond acceptors (Lipinski definition) is 4. The lowest BCUT2D eigenvalue weighted by Crippen LogP contribution is -2.47. The molecule has 1 atom stereocenters. The van der Waals surface area contributed by atoms with Gasteiger partial charge in [0.05, 0.1) is 12.4 Å². The Morgan fingerprint density at radius 1 is 1.43 bits per heavy atom. The maximum absolute atomic E-state index is 11.7. The third-order valence-electron chi connectivity index (χ3n) is 2.52. The first kappa shape index (κ1) is 11.9. The minimum absolute atomic E-state index is 0.0243. The van der Waals surface area contributed by atoms with Crippen LogP contribution in [0.15, 0.2) is 0 Å². The monoisotopic (exact) mass is 222 g/mol. The van der Waals surface area contributed by atoms with Crippen molar-refractivity contribution in [1.82, 2.24) is 4.31 Å². The molecule has 84 valence electrons. The smallest absolute Gasteiger partial charge is 0.215 e. The van der Waals surface area contributed by atoms with Gasteiger partial charge in [-0.2, -0.15) is 4.31 Å². The van der Waals surface area contributed by atoms with E-state index in [1.54, 1.807) is 0 Å². The number of sulfonamides is 1. The lowest BCUT2D eigenvalue weighted by atomic mass is 10.1. The van der Waals surface area contributed by atoms with Crippen molar-refractivity contribution in [2.45, 2.75) is 25.3 Å². The quantitative estimate of drug-likeness (QED) is 0.647. The van der Waals surface area contributed by atoms with Gasteiger partial charge in [-0.1, -0.05) is 6.42 Å². The number of nitrogens with zero attached hydrogens (tertiary/aromatic N) is 1. The van der Waals surface area contributed by atoms with Crippen LogP contribution >= 0.6 is 0 Å². The van der Waals surface area contributed by atoms with Crippen molar-refractivity contribution in [2.75, 3.05) is 25.4 Å². The number of nitrogens with two attached hydrogens (primary N) is 1. The lowest BCUT2D eigenvalue weighted by Gasteiger charge is -2.33. The Bertz CT molecular complexity index is 266. The molecule has 1 rings (SSSR count). The van der Waals surface area contributed by atoms with Gasteiger partial charge in [0.1, 0.15) is 0 Å². The van der Waals surface area contributed by atoms with Gasteiger partial charge in [-0.3, -0.25) is 0 Å².